The smallest absolute Gasteiger partial charge is 0.157 e. The van der Waals surface area contributed by atoms with Crippen molar-refractivity contribution in [2.24, 2.45) is 5.92 Å². The number of rotatable bonds is 4. The van der Waals surface area contributed by atoms with Crippen LogP contribution in [0, 0.1) is 5.92 Å². The van der Waals surface area contributed by atoms with Gasteiger partial charge in [0.1, 0.15) is 6.10 Å². The van der Waals surface area contributed by atoms with Crippen molar-refractivity contribution in [2.75, 3.05) is 13.7 Å². The Hall–Kier alpha value is -1.00. The van der Waals surface area contributed by atoms with Gasteiger partial charge >= 0.3 is 0 Å². The third-order valence-electron chi connectivity index (χ3n) is 3.93. The van der Waals surface area contributed by atoms with Crippen LogP contribution >= 0.6 is 0 Å². The molecular weight excluding hydrogens is 226 g/mol. The first kappa shape index (κ1) is 12.1. The standard InChI is InChI=1S/C14H21N3O/c1-3-11-10-8-15-7-6-12(10)17-14(16-11)13(18-2)9-4-5-9/h9,13,15H,3-8H2,1-2H3. The maximum Gasteiger partial charge on any atom is 0.157 e. The van der Waals surface area contributed by atoms with Crippen LogP contribution in [0.1, 0.15) is 48.6 Å². The minimum Gasteiger partial charge on any atom is -0.373 e. The summed E-state index contributed by atoms with van der Waals surface area (Å²) in [4.78, 5) is 9.54. The van der Waals surface area contributed by atoms with Crippen molar-refractivity contribution in [1.29, 1.82) is 0 Å². The highest BCUT2D eigenvalue weighted by Gasteiger charge is 2.35. The first-order chi connectivity index (χ1) is 8.83. The summed E-state index contributed by atoms with van der Waals surface area (Å²) in [5, 5.41) is 3.40. The average Bonchev–Trinajstić information content (AvgIpc) is 3.23. The lowest BCUT2D eigenvalue weighted by molar-refractivity contribution is 0.0767. The number of aromatic nitrogens is 2. The van der Waals surface area contributed by atoms with E-state index in [0.29, 0.717) is 5.92 Å². The van der Waals surface area contributed by atoms with Crippen LogP contribution in [0.2, 0.25) is 0 Å². The number of nitrogens with zero attached hydrogens (tertiary/aromatic N) is 2. The molecule has 18 heavy (non-hydrogen) atoms. The number of hydrogen-bond acceptors (Lipinski definition) is 4. The van der Waals surface area contributed by atoms with Gasteiger partial charge in [-0.1, -0.05) is 6.92 Å². The summed E-state index contributed by atoms with van der Waals surface area (Å²) < 4.78 is 5.61. The normalized spacial score (nSPS) is 20.6. The van der Waals surface area contributed by atoms with E-state index in [1.807, 2.05) is 0 Å². The molecule has 1 aliphatic carbocycles. The van der Waals surface area contributed by atoms with Gasteiger partial charge in [0, 0.05) is 37.9 Å². The van der Waals surface area contributed by atoms with E-state index in [2.05, 4.69) is 12.2 Å². The second-order valence-electron chi connectivity index (χ2n) is 5.23. The molecule has 1 aromatic heterocycles. The number of aryl methyl sites for hydroxylation is 1. The van der Waals surface area contributed by atoms with E-state index in [4.69, 9.17) is 14.7 Å². The zero-order chi connectivity index (χ0) is 12.5. The van der Waals surface area contributed by atoms with Crippen molar-refractivity contribution in [3.63, 3.8) is 0 Å². The number of fused-ring (bicyclic) bond motifs is 1. The zero-order valence-electron chi connectivity index (χ0n) is 11.2. The van der Waals surface area contributed by atoms with E-state index in [1.165, 1.54) is 29.8 Å². The van der Waals surface area contributed by atoms with Gasteiger partial charge in [-0.05, 0) is 25.2 Å². The van der Waals surface area contributed by atoms with Crippen molar-refractivity contribution >= 4 is 0 Å². The molecular formula is C14H21N3O. The highest BCUT2D eigenvalue weighted by molar-refractivity contribution is 5.29. The molecule has 2 heterocycles. The van der Waals surface area contributed by atoms with Crippen molar-refractivity contribution in [3.8, 4) is 0 Å². The first-order valence-corrected chi connectivity index (χ1v) is 6.95. The molecule has 4 nitrogen and oxygen atoms in total. The summed E-state index contributed by atoms with van der Waals surface area (Å²) in [7, 11) is 1.78. The van der Waals surface area contributed by atoms with Gasteiger partial charge in [-0.25, -0.2) is 9.97 Å². The molecule has 3 rings (SSSR count). The molecule has 0 amide bonds. The van der Waals surface area contributed by atoms with Crippen LogP contribution in [0.5, 0.6) is 0 Å². The molecule has 1 unspecified atom stereocenters. The van der Waals surface area contributed by atoms with E-state index in [-0.39, 0.29) is 6.10 Å². The topological polar surface area (TPSA) is 47.0 Å². The summed E-state index contributed by atoms with van der Waals surface area (Å²) in [5.74, 6) is 1.55. The fraction of sp³-hybridized carbons (Fsp3) is 0.714. The predicted molar refractivity (Wildman–Crippen MR) is 69.3 cm³/mol. The lowest BCUT2D eigenvalue weighted by atomic mass is 10.0. The highest BCUT2D eigenvalue weighted by atomic mass is 16.5. The second kappa shape index (κ2) is 4.94. The number of methoxy groups -OCH3 is 1. The van der Waals surface area contributed by atoms with E-state index < -0.39 is 0 Å². The van der Waals surface area contributed by atoms with Gasteiger partial charge in [0.15, 0.2) is 5.82 Å². The Morgan fingerprint density at radius 2 is 2.22 bits per heavy atom. The van der Waals surface area contributed by atoms with Crippen LogP contribution in [-0.2, 0) is 24.1 Å². The van der Waals surface area contributed by atoms with Gasteiger partial charge in [-0.15, -0.1) is 0 Å². The van der Waals surface area contributed by atoms with Crippen LogP contribution in [0.4, 0.5) is 0 Å². The molecule has 0 bridgehead atoms. The monoisotopic (exact) mass is 247 g/mol. The van der Waals surface area contributed by atoms with Crippen LogP contribution < -0.4 is 5.32 Å². The molecule has 98 valence electrons. The van der Waals surface area contributed by atoms with E-state index in [9.17, 15) is 0 Å². The van der Waals surface area contributed by atoms with Crippen molar-refractivity contribution < 1.29 is 4.74 Å². The third-order valence-corrected chi connectivity index (χ3v) is 3.93. The summed E-state index contributed by atoms with van der Waals surface area (Å²) >= 11 is 0. The van der Waals surface area contributed by atoms with Crippen LogP contribution in [-0.4, -0.2) is 23.6 Å². The molecule has 1 aromatic rings. The number of ether oxygens (including phenoxy) is 1. The Labute approximate surface area is 108 Å². The Morgan fingerprint density at radius 3 is 2.89 bits per heavy atom. The predicted octanol–water partition coefficient (Wildman–Crippen LogP) is 1.78. The summed E-state index contributed by atoms with van der Waals surface area (Å²) in [6.07, 6.45) is 4.60. The summed E-state index contributed by atoms with van der Waals surface area (Å²) in [5.41, 5.74) is 3.75. The maximum absolute atomic E-state index is 5.61. The molecule has 0 spiro atoms. The highest BCUT2D eigenvalue weighted by Crippen LogP contribution is 2.42. The third kappa shape index (κ3) is 2.15. The molecule has 0 aromatic carbocycles. The Balaban J connectivity index is 1.99. The van der Waals surface area contributed by atoms with Gasteiger partial charge < -0.3 is 10.1 Å². The Kier molecular flexibility index (Phi) is 3.31. The lowest BCUT2D eigenvalue weighted by Crippen LogP contribution is -2.27. The quantitative estimate of drug-likeness (QED) is 0.881. The number of hydrogen-bond donors (Lipinski definition) is 1. The molecule has 1 atom stereocenters. The van der Waals surface area contributed by atoms with E-state index in [1.54, 1.807) is 7.11 Å². The van der Waals surface area contributed by atoms with Crippen molar-refractivity contribution in [2.45, 2.75) is 45.3 Å². The van der Waals surface area contributed by atoms with Gasteiger partial charge in [0.25, 0.3) is 0 Å². The fourth-order valence-electron chi connectivity index (χ4n) is 2.76. The average molecular weight is 247 g/mol. The second-order valence-corrected chi connectivity index (χ2v) is 5.23. The van der Waals surface area contributed by atoms with Gasteiger partial charge in [0.2, 0.25) is 0 Å². The number of nitrogens with one attached hydrogen (secondary N) is 1. The van der Waals surface area contributed by atoms with E-state index >= 15 is 0 Å². The Morgan fingerprint density at radius 1 is 1.39 bits per heavy atom. The van der Waals surface area contributed by atoms with Crippen LogP contribution in [0.15, 0.2) is 0 Å². The van der Waals surface area contributed by atoms with Crippen molar-refractivity contribution in [3.05, 3.63) is 22.8 Å². The van der Waals surface area contributed by atoms with Gasteiger partial charge in [-0.3, -0.25) is 0 Å². The first-order valence-electron chi connectivity index (χ1n) is 6.95. The Bertz CT molecular complexity index is 426. The SMILES string of the molecule is CCc1nc(C(OC)C2CC2)nc2c1CNCC2. The van der Waals surface area contributed by atoms with Gasteiger partial charge in [0.05, 0.1) is 5.69 Å². The van der Waals surface area contributed by atoms with Crippen molar-refractivity contribution in [1.82, 2.24) is 15.3 Å². The molecule has 0 saturated heterocycles. The molecule has 1 fully saturated rings. The minimum absolute atomic E-state index is 0.107. The van der Waals surface area contributed by atoms with E-state index in [0.717, 1.165) is 31.8 Å². The maximum atomic E-state index is 5.61. The minimum atomic E-state index is 0.107. The van der Waals surface area contributed by atoms with Crippen LogP contribution in [0.3, 0.4) is 0 Å². The fourth-order valence-corrected chi connectivity index (χ4v) is 2.76. The molecule has 1 aliphatic heterocycles. The largest absolute Gasteiger partial charge is 0.373 e. The summed E-state index contributed by atoms with van der Waals surface area (Å²) in [6, 6.07) is 0. The van der Waals surface area contributed by atoms with Crippen LogP contribution in [0.25, 0.3) is 0 Å². The van der Waals surface area contributed by atoms with Gasteiger partial charge in [-0.2, -0.15) is 0 Å². The zero-order valence-corrected chi connectivity index (χ0v) is 11.2. The summed E-state index contributed by atoms with van der Waals surface area (Å²) in [6.45, 7) is 4.10. The molecule has 1 saturated carbocycles. The molecule has 0 radical (unpaired) electrons. The molecule has 4 heteroatoms. The molecule has 1 N–H and O–H groups in total. The lowest BCUT2D eigenvalue weighted by Gasteiger charge is -2.22. The molecule has 2 aliphatic rings.